The van der Waals surface area contributed by atoms with E-state index < -0.39 is 19.0 Å². The second kappa shape index (κ2) is 8.16. The number of hydrogen-bond donors (Lipinski definition) is 3. The van der Waals surface area contributed by atoms with Gasteiger partial charge in [0.1, 0.15) is 17.2 Å². The number of fused-ring (bicyclic) bond motifs is 1. The number of aliphatic imine (C=N–C) groups is 1. The van der Waals surface area contributed by atoms with Crippen molar-refractivity contribution in [3.05, 3.63) is 60.3 Å². The quantitative estimate of drug-likeness (QED) is 0.526. The number of amidine groups is 1. The van der Waals surface area contributed by atoms with Gasteiger partial charge in [-0.3, -0.25) is 19.7 Å². The Kier molecular flexibility index (Phi) is 5.57. The zero-order valence-corrected chi connectivity index (χ0v) is 16.9. The highest BCUT2D eigenvalue weighted by atomic mass is 32.2. The lowest BCUT2D eigenvalue weighted by Gasteiger charge is -2.12. The molecular formula is C19H15FN3O5PS. The predicted octanol–water partition coefficient (Wildman–Crippen LogP) is 2.96. The van der Waals surface area contributed by atoms with Crippen LogP contribution in [0.25, 0.3) is 10.9 Å². The van der Waals surface area contributed by atoms with Crippen molar-refractivity contribution in [2.75, 3.05) is 6.54 Å². The lowest BCUT2D eigenvalue weighted by Crippen LogP contribution is -2.28. The molecule has 0 bridgehead atoms. The molecule has 0 radical (unpaired) electrons. The van der Waals surface area contributed by atoms with Gasteiger partial charge in [-0.25, -0.2) is 9.37 Å². The van der Waals surface area contributed by atoms with Crippen LogP contribution in [0, 0.1) is 0 Å². The van der Waals surface area contributed by atoms with Crippen LogP contribution in [0.4, 0.5) is 4.39 Å². The van der Waals surface area contributed by atoms with Gasteiger partial charge in [0.25, 0.3) is 5.91 Å². The SMILES string of the molecule is O=C(NC1=NCC(F)S1)c1cc(Oc2ccc(P(=O)(O)O)cc2)c2ccccc2n1. The Labute approximate surface area is 174 Å². The number of carbonyl (C=O) groups is 1. The monoisotopic (exact) mass is 447 g/mol. The summed E-state index contributed by atoms with van der Waals surface area (Å²) in [7, 11) is -4.36. The van der Waals surface area contributed by atoms with Gasteiger partial charge in [0.15, 0.2) is 10.7 Å². The third-order valence-electron chi connectivity index (χ3n) is 4.15. The van der Waals surface area contributed by atoms with Crippen molar-refractivity contribution in [1.82, 2.24) is 10.3 Å². The van der Waals surface area contributed by atoms with Crippen LogP contribution < -0.4 is 15.4 Å². The van der Waals surface area contributed by atoms with Gasteiger partial charge in [-0.1, -0.05) is 12.1 Å². The number of nitrogens with one attached hydrogen (secondary N) is 1. The first kappa shape index (κ1) is 20.5. The van der Waals surface area contributed by atoms with Gasteiger partial charge < -0.3 is 14.5 Å². The molecule has 1 amide bonds. The fraction of sp³-hybridized carbons (Fsp3) is 0.105. The second-order valence-electron chi connectivity index (χ2n) is 6.29. The second-order valence-corrected chi connectivity index (χ2v) is 9.03. The van der Waals surface area contributed by atoms with E-state index in [4.69, 9.17) is 4.74 Å². The van der Waals surface area contributed by atoms with Crippen LogP contribution in [0.3, 0.4) is 0 Å². The standard InChI is InChI=1S/C19H15FN3O5PS/c20-17-10-21-19(30-17)23-18(24)15-9-16(13-3-1-2-4-14(13)22-15)28-11-5-7-12(8-6-11)29(25,26)27/h1-9,17H,10H2,(H,21,23,24)(H2,25,26,27). The molecule has 2 heterocycles. The summed E-state index contributed by atoms with van der Waals surface area (Å²) in [5.41, 5.74) is -0.614. The molecule has 154 valence electrons. The molecular weight excluding hydrogens is 432 g/mol. The van der Waals surface area contributed by atoms with Gasteiger partial charge in [-0.2, -0.15) is 0 Å². The summed E-state index contributed by atoms with van der Waals surface area (Å²) in [5, 5.41) is 3.24. The van der Waals surface area contributed by atoms with Gasteiger partial charge in [-0.15, -0.1) is 0 Å². The zero-order chi connectivity index (χ0) is 21.3. The van der Waals surface area contributed by atoms with E-state index >= 15 is 0 Å². The maximum atomic E-state index is 13.3. The Morgan fingerprint density at radius 2 is 1.93 bits per heavy atom. The van der Waals surface area contributed by atoms with Crippen LogP contribution in [-0.2, 0) is 4.57 Å². The maximum absolute atomic E-state index is 13.3. The summed E-state index contributed by atoms with van der Waals surface area (Å²) in [5.74, 6) is 0.104. The molecule has 8 nitrogen and oxygen atoms in total. The average Bonchev–Trinajstić information content (AvgIpc) is 3.12. The fourth-order valence-electron chi connectivity index (χ4n) is 2.76. The number of pyridine rings is 1. The van der Waals surface area contributed by atoms with Crippen molar-refractivity contribution in [2.24, 2.45) is 4.99 Å². The highest BCUT2D eigenvalue weighted by molar-refractivity contribution is 8.14. The molecule has 1 unspecified atom stereocenters. The number of aromatic nitrogens is 1. The minimum atomic E-state index is -4.36. The lowest BCUT2D eigenvalue weighted by atomic mass is 10.1. The molecule has 30 heavy (non-hydrogen) atoms. The molecule has 2 aromatic carbocycles. The first-order valence-electron chi connectivity index (χ1n) is 8.70. The Balaban J connectivity index is 1.65. The van der Waals surface area contributed by atoms with Gasteiger partial charge in [-0.05, 0) is 48.2 Å². The van der Waals surface area contributed by atoms with E-state index in [0.29, 0.717) is 22.4 Å². The van der Waals surface area contributed by atoms with Crippen LogP contribution in [0.15, 0.2) is 59.6 Å². The van der Waals surface area contributed by atoms with E-state index in [9.17, 15) is 23.5 Å². The first-order chi connectivity index (χ1) is 14.3. The number of rotatable bonds is 4. The maximum Gasteiger partial charge on any atom is 0.356 e. The lowest BCUT2D eigenvalue weighted by molar-refractivity contribution is 0.0973. The van der Waals surface area contributed by atoms with Gasteiger partial charge >= 0.3 is 7.60 Å². The van der Waals surface area contributed by atoms with Crippen LogP contribution >= 0.6 is 19.4 Å². The Bertz CT molecular complexity index is 1200. The summed E-state index contributed by atoms with van der Waals surface area (Å²) < 4.78 is 30.5. The molecule has 1 aliphatic rings. The van der Waals surface area contributed by atoms with Crippen LogP contribution in [0.1, 0.15) is 10.5 Å². The fourth-order valence-corrected chi connectivity index (χ4v) is 3.99. The van der Waals surface area contributed by atoms with Crippen molar-refractivity contribution in [3.8, 4) is 11.5 Å². The number of amides is 1. The minimum Gasteiger partial charge on any atom is -0.457 e. The van der Waals surface area contributed by atoms with E-state index in [1.165, 1.54) is 30.3 Å². The minimum absolute atomic E-state index is 0.00953. The van der Waals surface area contributed by atoms with Crippen LogP contribution in [-0.4, -0.2) is 37.9 Å². The van der Waals surface area contributed by atoms with E-state index in [1.54, 1.807) is 24.3 Å². The number of thioether (sulfide) groups is 1. The number of nitrogens with zero attached hydrogens (tertiary/aromatic N) is 2. The number of hydrogen-bond acceptors (Lipinski definition) is 6. The summed E-state index contributed by atoms with van der Waals surface area (Å²) in [4.78, 5) is 39.3. The topological polar surface area (TPSA) is 121 Å². The Morgan fingerprint density at radius 1 is 1.20 bits per heavy atom. The first-order valence-corrected chi connectivity index (χ1v) is 11.2. The van der Waals surface area contributed by atoms with Crippen molar-refractivity contribution in [1.29, 1.82) is 0 Å². The molecule has 1 atom stereocenters. The van der Waals surface area contributed by atoms with Crippen molar-refractivity contribution < 1.29 is 28.3 Å². The van der Waals surface area contributed by atoms with Gasteiger partial charge in [0, 0.05) is 11.5 Å². The Hall–Kier alpha value is -2.78. The van der Waals surface area contributed by atoms with E-state index in [0.717, 1.165) is 11.8 Å². The molecule has 3 N–H and O–H groups in total. The predicted molar refractivity (Wildman–Crippen MR) is 112 cm³/mol. The summed E-state index contributed by atoms with van der Waals surface area (Å²) in [6.07, 6.45) is 0. The summed E-state index contributed by atoms with van der Waals surface area (Å²) in [6, 6.07) is 13.9. The molecule has 0 aliphatic carbocycles. The van der Waals surface area contributed by atoms with Gasteiger partial charge in [0.05, 0.1) is 17.4 Å². The highest BCUT2D eigenvalue weighted by Gasteiger charge is 2.22. The molecule has 11 heteroatoms. The molecule has 0 spiro atoms. The smallest absolute Gasteiger partial charge is 0.356 e. The molecule has 3 aromatic rings. The van der Waals surface area contributed by atoms with Gasteiger partial charge in [0.2, 0.25) is 0 Å². The normalized spacial score (nSPS) is 16.4. The van der Waals surface area contributed by atoms with E-state index in [1.807, 2.05) is 0 Å². The van der Waals surface area contributed by atoms with E-state index in [2.05, 4.69) is 15.3 Å². The molecule has 0 saturated carbocycles. The molecule has 1 aliphatic heterocycles. The molecule has 4 rings (SSSR count). The third kappa shape index (κ3) is 4.52. The molecule has 0 fully saturated rings. The van der Waals surface area contributed by atoms with E-state index in [-0.39, 0.29) is 22.7 Å². The van der Waals surface area contributed by atoms with Crippen LogP contribution in [0.5, 0.6) is 11.5 Å². The number of alkyl halides is 1. The zero-order valence-electron chi connectivity index (χ0n) is 15.2. The van der Waals surface area contributed by atoms with Crippen molar-refractivity contribution in [2.45, 2.75) is 5.50 Å². The number of carbonyl (C=O) groups excluding carboxylic acids is 1. The molecule has 0 saturated heterocycles. The summed E-state index contributed by atoms with van der Waals surface area (Å²) >= 11 is 0.831. The largest absolute Gasteiger partial charge is 0.457 e. The number of benzene rings is 2. The highest BCUT2D eigenvalue weighted by Crippen LogP contribution is 2.35. The van der Waals surface area contributed by atoms with Crippen molar-refractivity contribution >= 4 is 46.6 Å². The molecule has 1 aromatic heterocycles. The number of ether oxygens (including phenoxy) is 1. The van der Waals surface area contributed by atoms with Crippen molar-refractivity contribution in [3.63, 3.8) is 0 Å². The van der Waals surface area contributed by atoms with Crippen LogP contribution in [0.2, 0.25) is 0 Å². The average molecular weight is 447 g/mol. The summed E-state index contributed by atoms with van der Waals surface area (Å²) in [6.45, 7) is -0.00953. The third-order valence-corrected chi connectivity index (χ3v) is 5.98. The number of halogens is 1. The number of para-hydroxylation sites is 1. The Morgan fingerprint density at radius 3 is 2.60 bits per heavy atom.